The normalized spacial score (nSPS) is 11.2. The Hall–Kier alpha value is -1.71. The average Bonchev–Trinajstić information content (AvgIpc) is 3.01. The monoisotopic (exact) mass is 601 g/mol. The minimum absolute atomic E-state index is 0.0798. The molecule has 0 saturated heterocycles. The first-order valence-corrected chi connectivity index (χ1v) is 19.0. The van der Waals surface area contributed by atoms with Gasteiger partial charge in [-0.05, 0) is 30.5 Å². The van der Waals surface area contributed by atoms with Crippen LogP contribution in [0, 0.1) is 0 Å². The van der Waals surface area contributed by atoms with Crippen molar-refractivity contribution in [2.24, 2.45) is 0 Å². The Morgan fingerprint density at radius 1 is 0.465 bits per heavy atom. The molecule has 2 amide bonds. The van der Waals surface area contributed by atoms with Crippen LogP contribution in [-0.4, -0.2) is 24.2 Å². The van der Waals surface area contributed by atoms with Gasteiger partial charge < -0.3 is 15.7 Å². The van der Waals surface area contributed by atoms with Crippen molar-refractivity contribution >= 4 is 6.03 Å². The first kappa shape index (κ1) is 39.3. The van der Waals surface area contributed by atoms with Crippen LogP contribution in [-0.2, 0) is 6.42 Å². The van der Waals surface area contributed by atoms with Gasteiger partial charge in [-0.15, -0.1) is 0 Å². The molecule has 43 heavy (non-hydrogen) atoms. The molecule has 1 aromatic carbocycles. The van der Waals surface area contributed by atoms with Gasteiger partial charge in [-0.1, -0.05) is 192 Å². The predicted octanol–water partition coefficient (Wildman–Crippen LogP) is 12.2. The van der Waals surface area contributed by atoms with E-state index in [1.807, 2.05) is 12.1 Å². The largest absolute Gasteiger partial charge is 0.508 e. The molecule has 4 nitrogen and oxygen atoms in total. The predicted molar refractivity (Wildman–Crippen MR) is 188 cm³/mol. The van der Waals surface area contributed by atoms with E-state index in [4.69, 9.17) is 0 Å². The number of phenols is 1. The molecule has 0 atom stereocenters. The molecule has 3 N–H and O–H groups in total. The number of carbonyl (C=O) groups is 1. The number of unbranched alkanes of at least 4 members (excludes halogenated alkanes) is 27. The fourth-order valence-electron chi connectivity index (χ4n) is 6.04. The van der Waals surface area contributed by atoms with Crippen LogP contribution in [0.25, 0.3) is 0 Å². The fraction of sp³-hybridized carbons (Fsp3) is 0.821. The lowest BCUT2D eigenvalue weighted by atomic mass is 10.0. The Morgan fingerprint density at radius 3 is 1.12 bits per heavy atom. The molecule has 0 aliphatic carbocycles. The Kier molecular flexibility index (Phi) is 29.0. The summed E-state index contributed by atoms with van der Waals surface area (Å²) < 4.78 is 0. The average molecular weight is 601 g/mol. The minimum Gasteiger partial charge on any atom is -0.508 e. The lowest BCUT2D eigenvalue weighted by molar-refractivity contribution is 0.241. The molecule has 0 bridgehead atoms. The van der Waals surface area contributed by atoms with E-state index in [2.05, 4.69) is 17.6 Å². The lowest BCUT2D eigenvalue weighted by Crippen LogP contribution is -2.37. The number of urea groups is 1. The highest BCUT2D eigenvalue weighted by molar-refractivity contribution is 5.73. The van der Waals surface area contributed by atoms with E-state index in [0.717, 1.165) is 24.9 Å². The summed E-state index contributed by atoms with van der Waals surface area (Å²) in [7, 11) is 0. The number of hydrogen-bond donors (Lipinski definition) is 3. The van der Waals surface area contributed by atoms with Crippen molar-refractivity contribution in [3.63, 3.8) is 0 Å². The Morgan fingerprint density at radius 2 is 0.767 bits per heavy atom. The third-order valence-corrected chi connectivity index (χ3v) is 8.95. The van der Waals surface area contributed by atoms with E-state index in [1.165, 1.54) is 173 Å². The molecule has 0 unspecified atom stereocenters. The zero-order valence-corrected chi connectivity index (χ0v) is 28.6. The standard InChI is InChI=1S/C39H72N2O2/c1-2-3-4-5-6-7-8-9-10-11-12-13-14-15-16-17-18-19-20-21-22-23-24-25-26-27-28-29-35-40-39(43)41-36-34-37-30-32-38(42)33-31-37/h30-33,42H,2-29,34-36H2,1H3,(H2,40,41,43). The molecule has 0 saturated carbocycles. The molecule has 0 aliphatic rings. The summed E-state index contributed by atoms with van der Waals surface area (Å²) in [6, 6.07) is 7.05. The van der Waals surface area contributed by atoms with Gasteiger partial charge in [0, 0.05) is 13.1 Å². The second-order valence-electron chi connectivity index (χ2n) is 13.1. The van der Waals surface area contributed by atoms with Crippen molar-refractivity contribution in [2.45, 2.75) is 193 Å². The first-order valence-electron chi connectivity index (χ1n) is 19.0. The van der Waals surface area contributed by atoms with Crippen molar-refractivity contribution < 1.29 is 9.90 Å². The summed E-state index contributed by atoms with van der Waals surface area (Å²) in [5, 5.41) is 15.2. The van der Waals surface area contributed by atoms with Gasteiger partial charge in [0.25, 0.3) is 0 Å². The van der Waals surface area contributed by atoms with Crippen LogP contribution in [0.1, 0.15) is 192 Å². The smallest absolute Gasteiger partial charge is 0.314 e. The van der Waals surface area contributed by atoms with E-state index in [-0.39, 0.29) is 11.8 Å². The third kappa shape index (κ3) is 28.8. The quantitative estimate of drug-likeness (QED) is 0.0720. The summed E-state index contributed by atoms with van der Waals surface area (Å²) in [6.45, 7) is 3.66. The van der Waals surface area contributed by atoms with Gasteiger partial charge in [0.1, 0.15) is 5.75 Å². The van der Waals surface area contributed by atoms with Crippen LogP contribution in [0.5, 0.6) is 5.75 Å². The van der Waals surface area contributed by atoms with Gasteiger partial charge in [0.2, 0.25) is 0 Å². The van der Waals surface area contributed by atoms with Crippen molar-refractivity contribution in [3.8, 4) is 5.75 Å². The van der Waals surface area contributed by atoms with E-state index in [9.17, 15) is 9.90 Å². The fourth-order valence-corrected chi connectivity index (χ4v) is 6.04. The van der Waals surface area contributed by atoms with Crippen molar-refractivity contribution in [2.75, 3.05) is 13.1 Å². The van der Waals surface area contributed by atoms with Gasteiger partial charge >= 0.3 is 6.03 Å². The highest BCUT2D eigenvalue weighted by Crippen LogP contribution is 2.16. The molecular formula is C39H72N2O2. The van der Waals surface area contributed by atoms with Gasteiger partial charge in [-0.25, -0.2) is 4.79 Å². The van der Waals surface area contributed by atoms with Crippen LogP contribution in [0.15, 0.2) is 24.3 Å². The highest BCUT2D eigenvalue weighted by atomic mass is 16.3. The van der Waals surface area contributed by atoms with E-state index >= 15 is 0 Å². The number of phenolic OH excluding ortho intramolecular Hbond substituents is 1. The number of benzene rings is 1. The van der Waals surface area contributed by atoms with Gasteiger partial charge in [0.05, 0.1) is 0 Å². The van der Waals surface area contributed by atoms with Crippen LogP contribution in [0.3, 0.4) is 0 Å². The van der Waals surface area contributed by atoms with Gasteiger partial charge in [-0.2, -0.15) is 0 Å². The maximum atomic E-state index is 11.9. The van der Waals surface area contributed by atoms with Crippen LogP contribution in [0.2, 0.25) is 0 Å². The Bertz CT molecular complexity index is 706. The number of rotatable bonds is 32. The summed E-state index contributed by atoms with van der Waals surface area (Å²) in [5.74, 6) is 0.274. The second-order valence-corrected chi connectivity index (χ2v) is 13.1. The summed E-state index contributed by atoms with van der Waals surface area (Å²) >= 11 is 0. The Balaban J connectivity index is 1.67. The van der Waals surface area contributed by atoms with Crippen LogP contribution >= 0.6 is 0 Å². The maximum absolute atomic E-state index is 11.9. The molecule has 1 aromatic rings. The molecule has 0 fully saturated rings. The van der Waals surface area contributed by atoms with Crippen LogP contribution < -0.4 is 10.6 Å². The van der Waals surface area contributed by atoms with E-state index < -0.39 is 0 Å². The number of amides is 2. The SMILES string of the molecule is CCCCCCCCCCCCCCCCCCCCCCCCCCCCCCNC(=O)NCCc1ccc(O)cc1. The zero-order valence-electron chi connectivity index (χ0n) is 28.6. The molecule has 4 heteroatoms. The molecule has 0 radical (unpaired) electrons. The van der Waals surface area contributed by atoms with E-state index in [1.54, 1.807) is 12.1 Å². The number of hydrogen-bond acceptors (Lipinski definition) is 2. The highest BCUT2D eigenvalue weighted by Gasteiger charge is 2.01. The molecular weight excluding hydrogens is 528 g/mol. The zero-order chi connectivity index (χ0) is 30.9. The molecule has 250 valence electrons. The minimum atomic E-state index is -0.0798. The summed E-state index contributed by atoms with van der Waals surface area (Å²) in [5.41, 5.74) is 1.11. The maximum Gasteiger partial charge on any atom is 0.314 e. The van der Waals surface area contributed by atoms with Gasteiger partial charge in [0.15, 0.2) is 0 Å². The molecule has 0 spiro atoms. The summed E-state index contributed by atoms with van der Waals surface area (Å²) in [4.78, 5) is 11.9. The Labute approximate surface area is 268 Å². The van der Waals surface area contributed by atoms with E-state index in [0.29, 0.717) is 6.54 Å². The lowest BCUT2D eigenvalue weighted by Gasteiger charge is -2.08. The molecule has 0 aromatic heterocycles. The summed E-state index contributed by atoms with van der Waals surface area (Å²) in [6.07, 6.45) is 40.3. The van der Waals surface area contributed by atoms with Crippen LogP contribution in [0.4, 0.5) is 4.79 Å². The molecule has 0 heterocycles. The number of carbonyl (C=O) groups excluding carboxylic acids is 1. The molecule has 0 aliphatic heterocycles. The van der Waals surface area contributed by atoms with Crippen molar-refractivity contribution in [1.82, 2.24) is 10.6 Å². The van der Waals surface area contributed by atoms with Crippen molar-refractivity contribution in [1.29, 1.82) is 0 Å². The van der Waals surface area contributed by atoms with Gasteiger partial charge in [-0.3, -0.25) is 0 Å². The third-order valence-electron chi connectivity index (χ3n) is 8.95. The topological polar surface area (TPSA) is 61.4 Å². The number of nitrogens with one attached hydrogen (secondary N) is 2. The second kappa shape index (κ2) is 31.7. The van der Waals surface area contributed by atoms with Crippen molar-refractivity contribution in [3.05, 3.63) is 29.8 Å². The molecule has 1 rings (SSSR count). The number of aromatic hydroxyl groups is 1. The first-order chi connectivity index (χ1) is 21.2.